The van der Waals surface area contributed by atoms with Gasteiger partial charge in [0.2, 0.25) is 0 Å². The fraction of sp³-hybridized carbons (Fsp3) is 0.240. The molecule has 0 saturated carbocycles. The van der Waals surface area contributed by atoms with Crippen LogP contribution in [0.15, 0.2) is 71.5 Å². The zero-order valence-corrected chi connectivity index (χ0v) is 18.1. The number of hydrogen-bond donors (Lipinski definition) is 2. The molecule has 0 aliphatic carbocycles. The molecule has 1 heterocycles. The molecule has 32 heavy (non-hydrogen) atoms. The largest absolute Gasteiger partial charge is 0.491 e. The van der Waals surface area contributed by atoms with Crippen LogP contribution in [0, 0.1) is 5.82 Å². The molecular weight excluding hydrogens is 409 g/mol. The number of rotatable bonds is 8. The lowest BCUT2D eigenvalue weighted by Gasteiger charge is -2.14. The quantitative estimate of drug-likeness (QED) is 0.445. The molecular formula is C25H26FN3O3. The summed E-state index contributed by atoms with van der Waals surface area (Å²) in [5, 5.41) is 13.9. The molecule has 0 amide bonds. The molecule has 0 aliphatic rings. The summed E-state index contributed by atoms with van der Waals surface area (Å²) < 4.78 is 21.9. The van der Waals surface area contributed by atoms with Crippen LogP contribution in [0.4, 0.5) is 4.39 Å². The van der Waals surface area contributed by atoms with Gasteiger partial charge in [-0.05, 0) is 53.1 Å². The van der Waals surface area contributed by atoms with Gasteiger partial charge in [0.15, 0.2) is 0 Å². The number of ether oxygens (including phenoxy) is 1. The number of benzene rings is 3. The molecule has 4 aromatic rings. The molecule has 0 aliphatic heterocycles. The van der Waals surface area contributed by atoms with Crippen LogP contribution in [0.1, 0.15) is 22.8 Å². The second kappa shape index (κ2) is 9.38. The molecule has 7 heteroatoms. The zero-order chi connectivity index (χ0) is 22.7. The highest BCUT2D eigenvalue weighted by Gasteiger charge is 2.13. The lowest BCUT2D eigenvalue weighted by atomic mass is 10.1. The number of aryl methyl sites for hydroxylation is 2. The maximum absolute atomic E-state index is 13.0. The minimum atomic E-state index is -0.813. The van der Waals surface area contributed by atoms with E-state index >= 15 is 0 Å². The summed E-state index contributed by atoms with van der Waals surface area (Å²) in [4.78, 5) is 12.1. The highest BCUT2D eigenvalue weighted by atomic mass is 19.1. The van der Waals surface area contributed by atoms with E-state index < -0.39 is 6.10 Å². The molecule has 0 saturated heterocycles. The number of nitrogens with zero attached hydrogens (tertiary/aromatic N) is 2. The van der Waals surface area contributed by atoms with Crippen molar-refractivity contribution in [1.82, 2.24) is 14.5 Å². The molecule has 0 fully saturated rings. The summed E-state index contributed by atoms with van der Waals surface area (Å²) in [6.45, 7) is 1.44. The van der Waals surface area contributed by atoms with Gasteiger partial charge in [-0.2, -0.15) is 0 Å². The normalized spacial score (nSPS) is 12.2. The SMILES string of the molecule is Cn1c(=O)n(C)c2cc(C(O)COc3ccc(CNCc4ccc(F)cc4)cc3)ccc21. The third-order valence-corrected chi connectivity index (χ3v) is 5.58. The van der Waals surface area contributed by atoms with Crippen molar-refractivity contribution in [3.8, 4) is 5.75 Å². The van der Waals surface area contributed by atoms with Crippen LogP contribution in [-0.4, -0.2) is 20.8 Å². The summed E-state index contributed by atoms with van der Waals surface area (Å²) >= 11 is 0. The van der Waals surface area contributed by atoms with Gasteiger partial charge in [-0.25, -0.2) is 9.18 Å². The van der Waals surface area contributed by atoms with Crippen molar-refractivity contribution < 1.29 is 14.2 Å². The topological polar surface area (TPSA) is 68.4 Å². The number of aromatic nitrogens is 2. The number of aliphatic hydroxyl groups is 1. The van der Waals surface area contributed by atoms with Crippen LogP contribution in [-0.2, 0) is 27.2 Å². The molecule has 1 atom stereocenters. The van der Waals surface area contributed by atoms with Crippen molar-refractivity contribution in [1.29, 1.82) is 0 Å². The number of imidazole rings is 1. The lowest BCUT2D eigenvalue weighted by molar-refractivity contribution is 0.108. The van der Waals surface area contributed by atoms with Crippen molar-refractivity contribution in [2.75, 3.05) is 6.61 Å². The van der Waals surface area contributed by atoms with E-state index in [0.29, 0.717) is 24.4 Å². The van der Waals surface area contributed by atoms with E-state index in [1.54, 1.807) is 35.4 Å². The second-order valence-corrected chi connectivity index (χ2v) is 7.85. The minimum absolute atomic E-state index is 0.102. The first-order valence-electron chi connectivity index (χ1n) is 10.4. The van der Waals surface area contributed by atoms with Crippen molar-refractivity contribution in [3.63, 3.8) is 0 Å². The van der Waals surface area contributed by atoms with Gasteiger partial charge in [0.05, 0.1) is 11.0 Å². The smallest absolute Gasteiger partial charge is 0.328 e. The Morgan fingerprint density at radius 3 is 2.16 bits per heavy atom. The number of hydrogen-bond acceptors (Lipinski definition) is 4. The Morgan fingerprint density at radius 2 is 1.50 bits per heavy atom. The van der Waals surface area contributed by atoms with Gasteiger partial charge in [0.1, 0.15) is 24.3 Å². The van der Waals surface area contributed by atoms with Gasteiger partial charge in [-0.3, -0.25) is 9.13 Å². The Hall–Kier alpha value is -3.42. The third kappa shape index (κ3) is 4.74. The molecule has 2 N–H and O–H groups in total. The molecule has 6 nitrogen and oxygen atoms in total. The van der Waals surface area contributed by atoms with E-state index in [4.69, 9.17) is 4.74 Å². The molecule has 0 bridgehead atoms. The van der Waals surface area contributed by atoms with Gasteiger partial charge in [0, 0.05) is 27.2 Å². The number of aliphatic hydroxyl groups excluding tert-OH is 1. The molecule has 1 unspecified atom stereocenters. The zero-order valence-electron chi connectivity index (χ0n) is 18.1. The average Bonchev–Trinajstić information content (AvgIpc) is 3.03. The first-order chi connectivity index (χ1) is 15.4. The van der Waals surface area contributed by atoms with Crippen LogP contribution in [0.5, 0.6) is 5.75 Å². The van der Waals surface area contributed by atoms with Crippen molar-refractivity contribution in [2.24, 2.45) is 14.1 Å². The van der Waals surface area contributed by atoms with E-state index in [1.165, 1.54) is 12.1 Å². The third-order valence-electron chi connectivity index (χ3n) is 5.58. The van der Waals surface area contributed by atoms with Crippen LogP contribution < -0.4 is 15.7 Å². The monoisotopic (exact) mass is 435 g/mol. The summed E-state index contributed by atoms with van der Waals surface area (Å²) in [6, 6.07) is 19.6. The van der Waals surface area contributed by atoms with Crippen LogP contribution in [0.3, 0.4) is 0 Å². The van der Waals surface area contributed by atoms with E-state index in [9.17, 15) is 14.3 Å². The summed E-state index contributed by atoms with van der Waals surface area (Å²) in [5.41, 5.74) is 4.30. The highest BCUT2D eigenvalue weighted by molar-refractivity contribution is 5.77. The Labute approximate surface area is 185 Å². The molecule has 4 rings (SSSR count). The second-order valence-electron chi connectivity index (χ2n) is 7.85. The van der Waals surface area contributed by atoms with E-state index in [1.807, 2.05) is 42.5 Å². The van der Waals surface area contributed by atoms with Gasteiger partial charge < -0.3 is 15.2 Å². The molecule has 3 aromatic carbocycles. The fourth-order valence-corrected chi connectivity index (χ4v) is 3.66. The van der Waals surface area contributed by atoms with Crippen molar-refractivity contribution >= 4 is 11.0 Å². The number of nitrogens with one attached hydrogen (secondary N) is 1. The Balaban J connectivity index is 1.31. The molecule has 1 aromatic heterocycles. The molecule has 166 valence electrons. The number of fused-ring (bicyclic) bond motifs is 1. The minimum Gasteiger partial charge on any atom is -0.491 e. The van der Waals surface area contributed by atoms with Crippen LogP contribution in [0.25, 0.3) is 11.0 Å². The summed E-state index contributed by atoms with van der Waals surface area (Å²) in [7, 11) is 3.44. The first-order valence-corrected chi connectivity index (χ1v) is 10.4. The summed E-state index contributed by atoms with van der Waals surface area (Å²) in [5.74, 6) is 0.431. The van der Waals surface area contributed by atoms with E-state index in [2.05, 4.69) is 5.32 Å². The van der Waals surface area contributed by atoms with E-state index in [0.717, 1.165) is 22.2 Å². The van der Waals surface area contributed by atoms with E-state index in [-0.39, 0.29) is 18.1 Å². The van der Waals surface area contributed by atoms with Gasteiger partial charge in [-0.1, -0.05) is 30.3 Å². The molecule has 0 spiro atoms. The fourth-order valence-electron chi connectivity index (χ4n) is 3.66. The van der Waals surface area contributed by atoms with Gasteiger partial charge in [0.25, 0.3) is 0 Å². The maximum atomic E-state index is 13.0. The van der Waals surface area contributed by atoms with Crippen molar-refractivity contribution in [2.45, 2.75) is 19.2 Å². The number of halogens is 1. The van der Waals surface area contributed by atoms with Gasteiger partial charge >= 0.3 is 5.69 Å². The van der Waals surface area contributed by atoms with Gasteiger partial charge in [-0.15, -0.1) is 0 Å². The van der Waals surface area contributed by atoms with Crippen LogP contribution >= 0.6 is 0 Å². The Kier molecular flexibility index (Phi) is 6.39. The predicted molar refractivity (Wildman–Crippen MR) is 122 cm³/mol. The summed E-state index contributed by atoms with van der Waals surface area (Å²) in [6.07, 6.45) is -0.813. The Bertz CT molecular complexity index is 1260. The lowest BCUT2D eigenvalue weighted by Crippen LogP contribution is -2.19. The predicted octanol–water partition coefficient (Wildman–Crippen LogP) is 3.42. The first kappa shape index (κ1) is 21.8. The molecule has 0 radical (unpaired) electrons. The Morgan fingerprint density at radius 1 is 0.906 bits per heavy atom. The highest BCUT2D eigenvalue weighted by Crippen LogP contribution is 2.21. The van der Waals surface area contributed by atoms with Crippen LogP contribution in [0.2, 0.25) is 0 Å². The standard InChI is InChI=1S/C25H26FN3O3/c1-28-22-12-7-19(13-23(22)29(2)25(28)31)24(30)16-32-21-10-5-18(6-11-21)15-27-14-17-3-8-20(26)9-4-17/h3-13,24,27,30H,14-16H2,1-2H3. The average molecular weight is 435 g/mol. The van der Waals surface area contributed by atoms with Crippen molar-refractivity contribution in [3.05, 3.63) is 99.7 Å². The maximum Gasteiger partial charge on any atom is 0.328 e.